The van der Waals surface area contributed by atoms with Crippen LogP contribution in [0.1, 0.15) is 16.9 Å². The number of hydrogen-bond donors (Lipinski definition) is 3. The van der Waals surface area contributed by atoms with E-state index in [2.05, 4.69) is 30.7 Å². The van der Waals surface area contributed by atoms with Crippen LogP contribution >= 0.6 is 11.3 Å². The van der Waals surface area contributed by atoms with Crippen molar-refractivity contribution in [3.05, 3.63) is 71.8 Å². The van der Waals surface area contributed by atoms with E-state index in [1.54, 1.807) is 35.5 Å². The van der Waals surface area contributed by atoms with Crippen LogP contribution in [-0.4, -0.2) is 37.6 Å². The molecule has 5 heterocycles. The molecule has 37 heavy (non-hydrogen) atoms. The van der Waals surface area contributed by atoms with Crippen molar-refractivity contribution in [3.8, 4) is 5.75 Å². The molecule has 0 radical (unpaired) electrons. The average Bonchev–Trinajstić information content (AvgIpc) is 3.65. The minimum absolute atomic E-state index is 0.0567. The molecule has 1 aliphatic carbocycles. The number of amides is 1. The molecule has 1 aliphatic rings. The number of benzene rings is 1. The highest BCUT2D eigenvalue weighted by Crippen LogP contribution is 2.41. The molecule has 0 saturated heterocycles. The molecule has 1 aromatic carbocycles. The number of methoxy groups -OCH3 is 1. The second-order valence-electron chi connectivity index (χ2n) is 9.20. The summed E-state index contributed by atoms with van der Waals surface area (Å²) in [4.78, 5) is 27.6. The molecule has 0 bridgehead atoms. The van der Waals surface area contributed by atoms with E-state index in [1.165, 1.54) is 10.4 Å². The van der Waals surface area contributed by atoms with Crippen molar-refractivity contribution >= 4 is 61.1 Å². The number of pyridine rings is 1. The molecule has 0 spiro atoms. The Morgan fingerprint density at radius 3 is 3.08 bits per heavy atom. The Morgan fingerprint density at radius 2 is 2.16 bits per heavy atom. The zero-order valence-electron chi connectivity index (χ0n) is 20.0. The highest BCUT2D eigenvalue weighted by molar-refractivity contribution is 7.19. The van der Waals surface area contributed by atoms with Gasteiger partial charge in [-0.2, -0.15) is 5.10 Å². The molecule has 7 rings (SSSR count). The molecule has 5 aromatic heterocycles. The van der Waals surface area contributed by atoms with Gasteiger partial charge in [-0.05, 0) is 61.2 Å². The quantitative estimate of drug-likeness (QED) is 0.290. The van der Waals surface area contributed by atoms with Gasteiger partial charge in [-0.25, -0.2) is 14.5 Å². The van der Waals surface area contributed by atoms with Crippen LogP contribution in [0.5, 0.6) is 5.75 Å². The lowest BCUT2D eigenvalue weighted by molar-refractivity contribution is -0.120. The van der Waals surface area contributed by atoms with E-state index in [1.807, 2.05) is 48.8 Å². The van der Waals surface area contributed by atoms with Crippen molar-refractivity contribution < 1.29 is 9.53 Å². The van der Waals surface area contributed by atoms with Crippen LogP contribution in [0.2, 0.25) is 0 Å². The number of aryl methyl sites for hydroxylation is 1. The SMILES string of the molecule is COc1cn2nccc2cc1Nc1ncnc2sc3c(c12)CC[C@H](C(=O)Nc1ccc2[nH]ccc2c1)C3. The maximum Gasteiger partial charge on any atom is 0.227 e. The van der Waals surface area contributed by atoms with Gasteiger partial charge in [0.1, 0.15) is 17.0 Å². The first-order chi connectivity index (χ1) is 18.2. The summed E-state index contributed by atoms with van der Waals surface area (Å²) < 4.78 is 7.37. The topological polar surface area (TPSA) is 109 Å². The first kappa shape index (κ1) is 21.8. The molecule has 1 amide bonds. The van der Waals surface area contributed by atoms with E-state index in [0.717, 1.165) is 56.7 Å². The van der Waals surface area contributed by atoms with Crippen LogP contribution in [0, 0.1) is 5.92 Å². The Bertz CT molecular complexity index is 1800. The third kappa shape index (κ3) is 3.77. The fourth-order valence-corrected chi connectivity index (χ4v) is 6.41. The molecule has 3 N–H and O–H groups in total. The molecule has 0 aliphatic heterocycles. The van der Waals surface area contributed by atoms with Crippen molar-refractivity contribution in [2.24, 2.45) is 5.92 Å². The van der Waals surface area contributed by atoms with Gasteiger partial charge in [0.2, 0.25) is 5.91 Å². The third-order valence-corrected chi connectivity index (χ3v) is 8.17. The lowest BCUT2D eigenvalue weighted by Gasteiger charge is -2.22. The fraction of sp³-hybridized carbons (Fsp3) is 0.185. The van der Waals surface area contributed by atoms with E-state index in [0.29, 0.717) is 12.2 Å². The Kier molecular flexibility index (Phi) is 5.07. The van der Waals surface area contributed by atoms with Gasteiger partial charge in [-0.15, -0.1) is 11.3 Å². The van der Waals surface area contributed by atoms with Crippen LogP contribution in [0.3, 0.4) is 0 Å². The number of rotatable bonds is 5. The van der Waals surface area contributed by atoms with E-state index in [4.69, 9.17) is 4.74 Å². The Hall–Kier alpha value is -4.44. The van der Waals surface area contributed by atoms with Gasteiger partial charge in [-0.1, -0.05) is 0 Å². The third-order valence-electron chi connectivity index (χ3n) is 7.01. The summed E-state index contributed by atoms with van der Waals surface area (Å²) in [5.74, 6) is 1.38. The highest BCUT2D eigenvalue weighted by Gasteiger charge is 2.29. The fourth-order valence-electron chi connectivity index (χ4n) is 5.14. The molecular formula is C27H23N7O2S. The summed E-state index contributed by atoms with van der Waals surface area (Å²) >= 11 is 1.65. The zero-order chi connectivity index (χ0) is 24.9. The molecule has 0 fully saturated rings. The number of aromatic nitrogens is 5. The highest BCUT2D eigenvalue weighted by atomic mass is 32.1. The summed E-state index contributed by atoms with van der Waals surface area (Å²) in [5.41, 5.74) is 4.86. The maximum atomic E-state index is 13.2. The number of fused-ring (bicyclic) bond motifs is 5. The second-order valence-corrected chi connectivity index (χ2v) is 10.3. The molecule has 184 valence electrons. The van der Waals surface area contributed by atoms with Gasteiger partial charge in [0.25, 0.3) is 0 Å². The van der Waals surface area contributed by atoms with Crippen molar-refractivity contribution in [3.63, 3.8) is 0 Å². The monoisotopic (exact) mass is 509 g/mol. The minimum atomic E-state index is -0.0868. The van der Waals surface area contributed by atoms with Gasteiger partial charge in [-0.3, -0.25) is 4.79 Å². The lowest BCUT2D eigenvalue weighted by atomic mass is 9.87. The average molecular weight is 510 g/mol. The number of ether oxygens (including phenoxy) is 1. The predicted octanol–water partition coefficient (Wildman–Crippen LogP) is 5.32. The molecule has 0 saturated carbocycles. The lowest BCUT2D eigenvalue weighted by Crippen LogP contribution is -2.27. The van der Waals surface area contributed by atoms with Crippen LogP contribution in [0.4, 0.5) is 17.2 Å². The number of nitrogens with one attached hydrogen (secondary N) is 3. The molecule has 1 atom stereocenters. The molecule has 10 heteroatoms. The normalized spacial score (nSPS) is 15.2. The molecule has 9 nitrogen and oxygen atoms in total. The van der Waals surface area contributed by atoms with Crippen molar-refractivity contribution in [2.75, 3.05) is 17.7 Å². The predicted molar refractivity (Wildman–Crippen MR) is 145 cm³/mol. The van der Waals surface area contributed by atoms with Crippen LogP contribution in [-0.2, 0) is 17.6 Å². The smallest absolute Gasteiger partial charge is 0.227 e. The molecular weight excluding hydrogens is 486 g/mol. The van der Waals surface area contributed by atoms with Crippen molar-refractivity contribution in [1.82, 2.24) is 24.6 Å². The Morgan fingerprint density at radius 1 is 1.22 bits per heavy atom. The van der Waals surface area contributed by atoms with Crippen LogP contribution in [0.15, 0.2) is 61.3 Å². The van der Waals surface area contributed by atoms with Crippen molar-refractivity contribution in [1.29, 1.82) is 0 Å². The van der Waals surface area contributed by atoms with E-state index >= 15 is 0 Å². The van der Waals surface area contributed by atoms with Gasteiger partial charge >= 0.3 is 0 Å². The Balaban J connectivity index is 1.17. The molecule has 0 unspecified atom stereocenters. The maximum absolute atomic E-state index is 13.2. The number of carbonyl (C=O) groups is 1. The standard InChI is InChI=1S/C27H23N7O2S/c1-36-22-13-34-18(7-9-31-34)12-21(22)33-25-24-19-4-2-16(11-23(19)37-27(24)30-14-29-25)26(35)32-17-3-5-20-15(10-17)6-8-28-20/h3,5-10,12-14,16,28H,2,4,11H2,1H3,(H,32,35)(H,29,30,33)/t16-/m0/s1. The number of thiophene rings is 1. The number of anilines is 3. The first-order valence-electron chi connectivity index (χ1n) is 12.1. The van der Waals surface area contributed by atoms with Crippen LogP contribution in [0.25, 0.3) is 26.6 Å². The van der Waals surface area contributed by atoms with E-state index in [-0.39, 0.29) is 11.8 Å². The van der Waals surface area contributed by atoms with E-state index < -0.39 is 0 Å². The minimum Gasteiger partial charge on any atom is -0.493 e. The van der Waals surface area contributed by atoms with Gasteiger partial charge in [0.15, 0.2) is 5.75 Å². The summed E-state index contributed by atoms with van der Waals surface area (Å²) in [6.07, 6.45) is 9.34. The van der Waals surface area contributed by atoms with Crippen molar-refractivity contribution in [2.45, 2.75) is 19.3 Å². The van der Waals surface area contributed by atoms with E-state index in [9.17, 15) is 4.79 Å². The number of hydrogen-bond acceptors (Lipinski definition) is 7. The summed E-state index contributed by atoms with van der Waals surface area (Å²) in [7, 11) is 1.64. The number of H-pyrrole nitrogens is 1. The second kappa shape index (κ2) is 8.59. The van der Waals surface area contributed by atoms with Gasteiger partial charge < -0.3 is 20.4 Å². The van der Waals surface area contributed by atoms with Crippen LogP contribution < -0.4 is 15.4 Å². The summed E-state index contributed by atoms with van der Waals surface area (Å²) in [6, 6.07) is 11.9. The summed E-state index contributed by atoms with van der Waals surface area (Å²) in [5, 5.41) is 13.0. The Labute approximate surface area is 215 Å². The number of carbonyl (C=O) groups excluding carboxylic acids is 1. The zero-order valence-corrected chi connectivity index (χ0v) is 20.8. The number of aromatic amines is 1. The summed E-state index contributed by atoms with van der Waals surface area (Å²) in [6.45, 7) is 0. The van der Waals surface area contributed by atoms with Gasteiger partial charge in [0, 0.05) is 39.8 Å². The molecule has 6 aromatic rings. The van der Waals surface area contributed by atoms with Gasteiger partial charge in [0.05, 0.1) is 29.9 Å². The largest absolute Gasteiger partial charge is 0.493 e. The number of nitrogens with zero attached hydrogens (tertiary/aromatic N) is 4. The first-order valence-corrected chi connectivity index (χ1v) is 12.9.